The zero-order valence-electron chi connectivity index (χ0n) is 20.5. The fourth-order valence-corrected chi connectivity index (χ4v) is 3.95. The van der Waals surface area contributed by atoms with Crippen molar-refractivity contribution >= 4 is 17.2 Å². The van der Waals surface area contributed by atoms with Crippen LogP contribution in [-0.4, -0.2) is 5.78 Å². The van der Waals surface area contributed by atoms with E-state index in [1.807, 2.05) is 19.9 Å². The molecule has 166 valence electrons. The van der Waals surface area contributed by atoms with Gasteiger partial charge in [0.1, 0.15) is 0 Å². The second-order valence-electron chi connectivity index (χ2n) is 8.22. The summed E-state index contributed by atoms with van der Waals surface area (Å²) in [6, 6.07) is 16.9. The molecule has 2 nitrogen and oxygen atoms in total. The maximum Gasteiger partial charge on any atom is 0.160 e. The van der Waals surface area contributed by atoms with Crippen molar-refractivity contribution in [2.75, 3.05) is 4.90 Å². The van der Waals surface area contributed by atoms with Crippen molar-refractivity contribution in [2.45, 2.75) is 74.1 Å². The highest BCUT2D eigenvalue weighted by Crippen LogP contribution is 2.41. The second kappa shape index (κ2) is 11.7. The number of Topliss-reactive ketones (excluding diaryl/α,β-unsaturated/α-hetero) is 1. The third kappa shape index (κ3) is 6.19. The van der Waals surface area contributed by atoms with E-state index in [-0.39, 0.29) is 5.78 Å². The first-order valence-electron chi connectivity index (χ1n) is 11.8. The predicted octanol–water partition coefficient (Wildman–Crippen LogP) is 8.44. The van der Waals surface area contributed by atoms with Crippen molar-refractivity contribution in [1.29, 1.82) is 0 Å². The first-order valence-corrected chi connectivity index (χ1v) is 11.8. The first-order chi connectivity index (χ1) is 15.0. The van der Waals surface area contributed by atoms with Gasteiger partial charge >= 0.3 is 0 Å². The molecule has 0 saturated heterocycles. The topological polar surface area (TPSA) is 20.3 Å². The molecular weight excluding hydrogens is 378 g/mol. The van der Waals surface area contributed by atoms with E-state index in [4.69, 9.17) is 0 Å². The number of anilines is 1. The van der Waals surface area contributed by atoms with Crippen LogP contribution in [0.3, 0.4) is 0 Å². The number of carbonyl (C=O) groups is 1. The number of hydrogen-bond acceptors (Lipinski definition) is 2. The van der Waals surface area contributed by atoms with E-state index in [0.717, 1.165) is 35.4 Å². The Labute approximate surface area is 189 Å². The molecule has 0 spiro atoms. The molecule has 0 aliphatic heterocycles. The lowest BCUT2D eigenvalue weighted by molar-refractivity contribution is 0.101. The van der Waals surface area contributed by atoms with Crippen LogP contribution in [0, 0.1) is 5.92 Å². The van der Waals surface area contributed by atoms with Crippen molar-refractivity contribution in [1.82, 2.24) is 0 Å². The molecule has 31 heavy (non-hydrogen) atoms. The fourth-order valence-electron chi connectivity index (χ4n) is 3.95. The predicted molar refractivity (Wildman–Crippen MR) is 135 cm³/mol. The highest BCUT2D eigenvalue weighted by atomic mass is 16.1. The number of ketones is 1. The summed E-state index contributed by atoms with van der Waals surface area (Å²) in [5, 5.41) is 0. The van der Waals surface area contributed by atoms with Gasteiger partial charge in [0.05, 0.1) is 0 Å². The number of aryl methyl sites for hydroxylation is 1. The third-order valence-electron chi connectivity index (χ3n) is 5.72. The minimum absolute atomic E-state index is 0.133. The number of rotatable bonds is 8. The molecule has 1 fully saturated rings. The number of hydrogen-bond donors (Lipinski definition) is 0. The van der Waals surface area contributed by atoms with Gasteiger partial charge in [-0.3, -0.25) is 4.79 Å². The monoisotopic (exact) mass is 417 g/mol. The lowest BCUT2D eigenvalue weighted by atomic mass is 9.96. The molecule has 2 heteroatoms. The van der Waals surface area contributed by atoms with Gasteiger partial charge in [0.15, 0.2) is 5.78 Å². The molecule has 0 aromatic heterocycles. The van der Waals surface area contributed by atoms with Gasteiger partial charge in [0, 0.05) is 22.6 Å². The maximum atomic E-state index is 12.0. The maximum absolute atomic E-state index is 12.0. The average Bonchev–Trinajstić information content (AvgIpc) is 3.61. The van der Waals surface area contributed by atoms with Crippen LogP contribution >= 0.6 is 0 Å². The molecule has 0 unspecified atom stereocenters. The van der Waals surface area contributed by atoms with E-state index in [0.29, 0.717) is 0 Å². The molecule has 2 aromatic carbocycles. The highest BCUT2D eigenvalue weighted by molar-refractivity contribution is 5.96. The summed E-state index contributed by atoms with van der Waals surface area (Å²) in [7, 11) is 0. The van der Waals surface area contributed by atoms with E-state index in [1.165, 1.54) is 35.5 Å². The SMILES string of the molecule is C/C=C(/c1ccc(C(C)=O)c(CC)c1)N(C(CC1CC1)=C(C)C)c1ccccc1.CC. The zero-order valence-corrected chi connectivity index (χ0v) is 20.5. The molecule has 2 aromatic rings. The molecule has 0 radical (unpaired) electrons. The molecule has 1 saturated carbocycles. The van der Waals surface area contributed by atoms with Gasteiger partial charge in [-0.05, 0) is 88.6 Å². The summed E-state index contributed by atoms with van der Waals surface area (Å²) in [5.41, 5.74) is 8.22. The quantitative estimate of drug-likeness (QED) is 0.402. The van der Waals surface area contributed by atoms with Crippen LogP contribution in [-0.2, 0) is 6.42 Å². The Hall–Kier alpha value is -2.61. The van der Waals surface area contributed by atoms with Gasteiger partial charge in [0.2, 0.25) is 0 Å². The zero-order chi connectivity index (χ0) is 23.0. The fraction of sp³-hybridized carbons (Fsp3) is 0.414. The highest BCUT2D eigenvalue weighted by Gasteiger charge is 2.28. The van der Waals surface area contributed by atoms with Crippen LogP contribution in [0.1, 0.15) is 89.2 Å². The van der Waals surface area contributed by atoms with Gasteiger partial charge in [-0.15, -0.1) is 0 Å². The van der Waals surface area contributed by atoms with Crippen LogP contribution in [0.2, 0.25) is 0 Å². The van der Waals surface area contributed by atoms with Crippen LogP contribution in [0.4, 0.5) is 5.69 Å². The van der Waals surface area contributed by atoms with E-state index < -0.39 is 0 Å². The molecule has 1 aliphatic rings. The third-order valence-corrected chi connectivity index (χ3v) is 5.72. The van der Waals surface area contributed by atoms with Crippen LogP contribution in [0.5, 0.6) is 0 Å². The minimum Gasteiger partial charge on any atom is -0.314 e. The van der Waals surface area contributed by atoms with Gasteiger partial charge in [0.25, 0.3) is 0 Å². The summed E-state index contributed by atoms with van der Waals surface area (Å²) in [6.07, 6.45) is 6.82. The lowest BCUT2D eigenvalue weighted by Gasteiger charge is -2.32. The molecule has 0 N–H and O–H groups in total. The number of carbonyl (C=O) groups excluding carboxylic acids is 1. The Balaban J connectivity index is 0.00000166. The van der Waals surface area contributed by atoms with Gasteiger partial charge < -0.3 is 4.90 Å². The molecule has 0 amide bonds. The Kier molecular flexibility index (Phi) is 9.30. The smallest absolute Gasteiger partial charge is 0.160 e. The Morgan fingerprint density at radius 1 is 1.03 bits per heavy atom. The van der Waals surface area contributed by atoms with E-state index in [9.17, 15) is 4.79 Å². The normalized spacial score (nSPS) is 13.2. The largest absolute Gasteiger partial charge is 0.314 e. The summed E-state index contributed by atoms with van der Waals surface area (Å²) < 4.78 is 0. The van der Waals surface area contributed by atoms with E-state index >= 15 is 0 Å². The first kappa shape index (κ1) is 24.7. The number of allylic oxidation sites excluding steroid dienone is 3. The summed E-state index contributed by atoms with van der Waals surface area (Å²) in [5.74, 6) is 0.935. The summed E-state index contributed by atoms with van der Waals surface area (Å²) in [6.45, 7) is 14.3. The number of para-hydroxylation sites is 1. The van der Waals surface area contributed by atoms with Crippen molar-refractivity contribution in [2.24, 2.45) is 5.92 Å². The molecule has 0 atom stereocenters. The number of benzene rings is 2. The van der Waals surface area contributed by atoms with E-state index in [2.05, 4.69) is 81.1 Å². The van der Waals surface area contributed by atoms with Crippen LogP contribution < -0.4 is 4.90 Å². The summed E-state index contributed by atoms with van der Waals surface area (Å²) >= 11 is 0. The molecule has 0 bridgehead atoms. The molecule has 3 rings (SSSR count). The molecule has 1 aliphatic carbocycles. The minimum atomic E-state index is 0.133. The average molecular weight is 418 g/mol. The van der Waals surface area contributed by atoms with Crippen molar-refractivity contribution in [3.63, 3.8) is 0 Å². The second-order valence-corrected chi connectivity index (χ2v) is 8.22. The lowest BCUT2D eigenvalue weighted by Crippen LogP contribution is -2.23. The van der Waals surface area contributed by atoms with Gasteiger partial charge in [-0.25, -0.2) is 0 Å². The Morgan fingerprint density at radius 2 is 1.68 bits per heavy atom. The van der Waals surface area contributed by atoms with Crippen LogP contribution in [0.15, 0.2) is 65.9 Å². The van der Waals surface area contributed by atoms with Gasteiger partial charge in [-0.1, -0.05) is 62.8 Å². The Bertz CT molecular complexity index is 928. The van der Waals surface area contributed by atoms with Crippen LogP contribution in [0.25, 0.3) is 5.70 Å². The summed E-state index contributed by atoms with van der Waals surface area (Å²) in [4.78, 5) is 14.5. The van der Waals surface area contributed by atoms with Crippen molar-refractivity contribution in [3.8, 4) is 0 Å². The Morgan fingerprint density at radius 3 is 2.16 bits per heavy atom. The van der Waals surface area contributed by atoms with E-state index in [1.54, 1.807) is 6.92 Å². The van der Waals surface area contributed by atoms with Gasteiger partial charge in [-0.2, -0.15) is 0 Å². The molecular formula is C29H39NO. The van der Waals surface area contributed by atoms with Crippen molar-refractivity contribution in [3.05, 3.63) is 82.6 Å². The molecule has 0 heterocycles. The van der Waals surface area contributed by atoms with Crippen molar-refractivity contribution < 1.29 is 4.79 Å². The standard InChI is InChI=1S/C27H33NO.C2H6/c1-6-22-18-23(15-16-25(22)20(5)29)26(7-2)28(24-11-9-8-10-12-24)27(19(3)4)17-21-13-14-21;1-2/h7-12,15-16,18,21H,6,13-14,17H2,1-5H3;1-2H3/b26-7-;. The number of nitrogens with zero attached hydrogens (tertiary/aromatic N) is 1.